The summed E-state index contributed by atoms with van der Waals surface area (Å²) in [7, 11) is 3.80. The van der Waals surface area contributed by atoms with E-state index in [9.17, 15) is 0 Å². The maximum Gasteiger partial charge on any atom is 0.193 e. The number of nitrogens with zero attached hydrogens (tertiary/aromatic N) is 4. The molecule has 1 fully saturated rings. The van der Waals surface area contributed by atoms with Gasteiger partial charge >= 0.3 is 0 Å². The zero-order valence-corrected chi connectivity index (χ0v) is 15.2. The van der Waals surface area contributed by atoms with Gasteiger partial charge in [-0.15, -0.1) is 0 Å². The maximum absolute atomic E-state index is 5.92. The van der Waals surface area contributed by atoms with E-state index in [1.165, 1.54) is 5.56 Å². The lowest BCUT2D eigenvalue weighted by Gasteiger charge is -2.23. The molecule has 2 unspecified atom stereocenters. The van der Waals surface area contributed by atoms with Gasteiger partial charge in [-0.2, -0.15) is 5.10 Å². The number of hydrogen-bond acceptors (Lipinski definition) is 3. The summed E-state index contributed by atoms with van der Waals surface area (Å²) in [5.74, 6) is 2.35. The van der Waals surface area contributed by atoms with Crippen LogP contribution in [0.4, 0.5) is 0 Å². The average molecular weight is 341 g/mol. The molecule has 1 N–H and O–H groups in total. The van der Waals surface area contributed by atoms with Crippen molar-refractivity contribution in [1.82, 2.24) is 20.0 Å². The molecule has 2 aromatic rings. The first-order valence-corrected chi connectivity index (χ1v) is 8.81. The first-order chi connectivity index (χ1) is 12.2. The quantitative estimate of drug-likeness (QED) is 0.669. The van der Waals surface area contributed by atoms with Crippen molar-refractivity contribution >= 4 is 5.96 Å². The monoisotopic (exact) mass is 341 g/mol. The van der Waals surface area contributed by atoms with Crippen LogP contribution in [0.15, 0.2) is 47.7 Å². The van der Waals surface area contributed by atoms with Crippen LogP contribution in [0.25, 0.3) is 0 Å². The van der Waals surface area contributed by atoms with Gasteiger partial charge in [0, 0.05) is 39.3 Å². The van der Waals surface area contributed by atoms with Gasteiger partial charge in [0.2, 0.25) is 0 Å². The summed E-state index contributed by atoms with van der Waals surface area (Å²) in [6.45, 7) is 4.76. The Bertz CT molecular complexity index is 697. The lowest BCUT2D eigenvalue weighted by atomic mass is 10.0. The highest BCUT2D eigenvalue weighted by molar-refractivity contribution is 5.80. The highest BCUT2D eigenvalue weighted by Crippen LogP contribution is 2.26. The number of aromatic nitrogens is 2. The summed E-state index contributed by atoms with van der Waals surface area (Å²) < 4.78 is 7.79. The van der Waals surface area contributed by atoms with Gasteiger partial charge in [-0.05, 0) is 31.0 Å². The molecule has 1 aromatic carbocycles. The number of hydrogen-bond donors (Lipinski definition) is 1. The highest BCUT2D eigenvalue weighted by atomic mass is 16.5. The first-order valence-electron chi connectivity index (χ1n) is 8.81. The number of aliphatic imine (C=N–C) groups is 1. The fourth-order valence-electron chi connectivity index (χ4n) is 3.22. The van der Waals surface area contributed by atoms with Crippen molar-refractivity contribution < 1.29 is 4.74 Å². The van der Waals surface area contributed by atoms with Gasteiger partial charge in [0.15, 0.2) is 5.96 Å². The molecule has 2 atom stereocenters. The molecule has 6 nitrogen and oxygen atoms in total. The Morgan fingerprint density at radius 2 is 2.20 bits per heavy atom. The zero-order chi connectivity index (χ0) is 17.6. The Kier molecular flexibility index (Phi) is 5.58. The maximum atomic E-state index is 5.92. The molecule has 2 heterocycles. The molecule has 0 saturated carbocycles. The van der Waals surface area contributed by atoms with E-state index in [2.05, 4.69) is 33.4 Å². The van der Waals surface area contributed by atoms with Crippen LogP contribution < -0.4 is 10.1 Å². The van der Waals surface area contributed by atoms with Crippen molar-refractivity contribution in [3.8, 4) is 5.75 Å². The number of aryl methyl sites for hydroxylation is 1. The third kappa shape index (κ3) is 4.53. The molecule has 0 aliphatic carbocycles. The molecule has 25 heavy (non-hydrogen) atoms. The van der Waals surface area contributed by atoms with Crippen LogP contribution >= 0.6 is 0 Å². The van der Waals surface area contributed by atoms with E-state index in [1.807, 2.05) is 55.3 Å². The van der Waals surface area contributed by atoms with Crippen LogP contribution in [0.2, 0.25) is 0 Å². The largest absolute Gasteiger partial charge is 0.489 e. The van der Waals surface area contributed by atoms with E-state index in [1.54, 1.807) is 0 Å². The van der Waals surface area contributed by atoms with Crippen molar-refractivity contribution in [2.45, 2.75) is 25.4 Å². The number of para-hydroxylation sites is 1. The molecule has 6 heteroatoms. The van der Waals surface area contributed by atoms with Gasteiger partial charge < -0.3 is 15.0 Å². The van der Waals surface area contributed by atoms with Gasteiger partial charge in [0.25, 0.3) is 0 Å². The minimum atomic E-state index is 0.0656. The molecular weight excluding hydrogens is 314 g/mol. The fraction of sp³-hybridized carbons (Fsp3) is 0.474. The van der Waals surface area contributed by atoms with Crippen molar-refractivity contribution in [2.75, 3.05) is 26.7 Å². The number of guanidine groups is 1. The molecule has 134 valence electrons. The van der Waals surface area contributed by atoms with Gasteiger partial charge in [0.1, 0.15) is 11.9 Å². The SMILES string of the molecule is CN=C(NCC(C)Oc1ccccc1)N1CCC(c2cnn(C)c2)C1. The first kappa shape index (κ1) is 17.3. The van der Waals surface area contributed by atoms with Crippen molar-refractivity contribution in [2.24, 2.45) is 12.0 Å². The predicted octanol–water partition coefficient (Wildman–Crippen LogP) is 2.25. The van der Waals surface area contributed by atoms with E-state index in [0.29, 0.717) is 5.92 Å². The fourth-order valence-corrected chi connectivity index (χ4v) is 3.22. The molecule has 0 spiro atoms. The van der Waals surface area contributed by atoms with E-state index in [4.69, 9.17) is 4.74 Å². The second-order valence-electron chi connectivity index (χ2n) is 6.55. The highest BCUT2D eigenvalue weighted by Gasteiger charge is 2.27. The van der Waals surface area contributed by atoms with Crippen LogP contribution in [0.3, 0.4) is 0 Å². The van der Waals surface area contributed by atoms with E-state index in [-0.39, 0.29) is 6.10 Å². The Labute approximate surface area is 149 Å². The summed E-state index contributed by atoms with van der Waals surface area (Å²) in [5, 5.41) is 7.73. The molecule has 0 bridgehead atoms. The van der Waals surface area contributed by atoms with Crippen LogP contribution in [-0.2, 0) is 7.05 Å². The minimum Gasteiger partial charge on any atom is -0.489 e. The molecule has 3 rings (SSSR count). The molecule has 1 aliphatic rings. The second kappa shape index (κ2) is 8.05. The van der Waals surface area contributed by atoms with Crippen LogP contribution in [0.1, 0.15) is 24.8 Å². The lowest BCUT2D eigenvalue weighted by Crippen LogP contribution is -2.43. The molecule has 0 amide bonds. The Morgan fingerprint density at radius 1 is 1.40 bits per heavy atom. The number of ether oxygens (including phenoxy) is 1. The van der Waals surface area contributed by atoms with Crippen molar-refractivity contribution in [3.05, 3.63) is 48.3 Å². The second-order valence-corrected chi connectivity index (χ2v) is 6.55. The van der Waals surface area contributed by atoms with E-state index >= 15 is 0 Å². The minimum absolute atomic E-state index is 0.0656. The summed E-state index contributed by atoms with van der Waals surface area (Å²) in [6.07, 6.45) is 5.28. The predicted molar refractivity (Wildman–Crippen MR) is 100 cm³/mol. The molecule has 1 aromatic heterocycles. The molecular formula is C19H27N5O. The van der Waals surface area contributed by atoms with Gasteiger partial charge in [-0.1, -0.05) is 18.2 Å². The number of rotatable bonds is 5. The number of likely N-dealkylation sites (tertiary alicyclic amines) is 1. The summed E-state index contributed by atoms with van der Waals surface area (Å²) in [5.41, 5.74) is 1.31. The smallest absolute Gasteiger partial charge is 0.193 e. The topological polar surface area (TPSA) is 54.7 Å². The number of nitrogens with one attached hydrogen (secondary N) is 1. The normalized spacial score (nSPS) is 19.1. The molecule has 0 radical (unpaired) electrons. The average Bonchev–Trinajstić information content (AvgIpc) is 3.25. The Hall–Kier alpha value is -2.50. The van der Waals surface area contributed by atoms with Gasteiger partial charge in [-0.25, -0.2) is 0 Å². The van der Waals surface area contributed by atoms with Gasteiger partial charge in [0.05, 0.1) is 12.7 Å². The number of benzene rings is 1. The van der Waals surface area contributed by atoms with E-state index in [0.717, 1.165) is 37.8 Å². The Morgan fingerprint density at radius 3 is 2.88 bits per heavy atom. The zero-order valence-electron chi connectivity index (χ0n) is 15.2. The van der Waals surface area contributed by atoms with Crippen LogP contribution in [-0.4, -0.2) is 53.4 Å². The summed E-state index contributed by atoms with van der Waals surface area (Å²) in [4.78, 5) is 6.75. The summed E-state index contributed by atoms with van der Waals surface area (Å²) in [6, 6.07) is 9.91. The van der Waals surface area contributed by atoms with Crippen LogP contribution in [0.5, 0.6) is 5.75 Å². The van der Waals surface area contributed by atoms with E-state index < -0.39 is 0 Å². The Balaban J connectivity index is 1.49. The van der Waals surface area contributed by atoms with Crippen LogP contribution in [0, 0.1) is 0 Å². The third-order valence-electron chi connectivity index (χ3n) is 4.52. The van der Waals surface area contributed by atoms with Crippen molar-refractivity contribution in [3.63, 3.8) is 0 Å². The lowest BCUT2D eigenvalue weighted by molar-refractivity contribution is 0.222. The molecule has 1 aliphatic heterocycles. The van der Waals surface area contributed by atoms with Gasteiger partial charge in [-0.3, -0.25) is 9.67 Å². The third-order valence-corrected chi connectivity index (χ3v) is 4.52. The molecule has 1 saturated heterocycles. The van der Waals surface area contributed by atoms with Crippen molar-refractivity contribution in [1.29, 1.82) is 0 Å². The standard InChI is InChI=1S/C19H27N5O/c1-15(25-18-7-5-4-6-8-18)11-21-19(20-2)24-10-9-16(14-24)17-12-22-23(3)13-17/h4-8,12-13,15-16H,9-11,14H2,1-3H3,(H,20,21). The summed E-state index contributed by atoms with van der Waals surface area (Å²) >= 11 is 0.